The molecule has 2 aliphatic carbocycles. The van der Waals surface area contributed by atoms with Gasteiger partial charge in [0.05, 0.1) is 5.92 Å². The molecule has 0 aromatic heterocycles. The molecule has 1 aliphatic heterocycles. The van der Waals surface area contributed by atoms with E-state index in [4.69, 9.17) is 0 Å². The van der Waals surface area contributed by atoms with E-state index in [2.05, 4.69) is 77.2 Å². The molecule has 29 heavy (non-hydrogen) atoms. The van der Waals surface area contributed by atoms with E-state index in [1.807, 2.05) is 19.1 Å². The molecule has 1 saturated heterocycles. The molecule has 4 rings (SSSR count). The first kappa shape index (κ1) is 20.1. The molecule has 0 spiro atoms. The molecule has 0 radical (unpaired) electrons. The van der Waals surface area contributed by atoms with E-state index >= 15 is 0 Å². The van der Waals surface area contributed by atoms with Crippen molar-refractivity contribution in [2.45, 2.75) is 29.2 Å². The second-order valence-corrected chi connectivity index (χ2v) is 9.22. The van der Waals surface area contributed by atoms with E-state index in [9.17, 15) is 14.7 Å². The Kier molecular flexibility index (Phi) is 5.76. The molecule has 1 amide bonds. The maximum Gasteiger partial charge on any atom is 0.326 e. The molecule has 0 saturated carbocycles. The third-order valence-corrected chi connectivity index (χ3v) is 7.25. The van der Waals surface area contributed by atoms with Crippen molar-refractivity contribution in [1.82, 2.24) is 4.90 Å². The number of carbonyl (C=O) groups is 2. The molecule has 0 bridgehead atoms. The number of hydrogen-bond donors (Lipinski definition) is 1. The second-order valence-electron chi connectivity index (χ2n) is 7.79. The van der Waals surface area contributed by atoms with Gasteiger partial charge in [-0.05, 0) is 23.1 Å². The summed E-state index contributed by atoms with van der Waals surface area (Å²) in [6, 6.07) is 7.90. The molecule has 1 aromatic rings. The van der Waals surface area contributed by atoms with Gasteiger partial charge in [0, 0.05) is 22.3 Å². The van der Waals surface area contributed by atoms with E-state index in [0.717, 1.165) is 11.1 Å². The lowest BCUT2D eigenvalue weighted by Gasteiger charge is -2.23. The molecule has 5 heteroatoms. The van der Waals surface area contributed by atoms with Crippen molar-refractivity contribution >= 4 is 40.0 Å². The number of amides is 1. The molecule has 1 N–H and O–H groups in total. The molecule has 150 valence electrons. The minimum Gasteiger partial charge on any atom is -0.480 e. The Morgan fingerprint density at radius 3 is 2.55 bits per heavy atom. The summed E-state index contributed by atoms with van der Waals surface area (Å²) >= 11 is 2.47. The van der Waals surface area contributed by atoms with Crippen molar-refractivity contribution in [3.8, 4) is 0 Å². The first-order valence-corrected chi connectivity index (χ1v) is 11.3. The van der Waals surface area contributed by atoms with Gasteiger partial charge < -0.3 is 10.0 Å². The Hall–Kier alpha value is -2.15. The Bertz CT molecular complexity index is 928. The lowest BCUT2D eigenvalue weighted by Crippen LogP contribution is -2.42. The molecule has 3 aliphatic rings. The summed E-state index contributed by atoms with van der Waals surface area (Å²) in [6.07, 6.45) is 15.2. The van der Waals surface area contributed by atoms with Gasteiger partial charge in [0.2, 0.25) is 5.91 Å². The number of hydrogen-bond acceptors (Lipinski definition) is 2. The van der Waals surface area contributed by atoms with Crippen LogP contribution in [0.1, 0.15) is 30.4 Å². The van der Waals surface area contributed by atoms with Crippen LogP contribution in [0.4, 0.5) is 0 Å². The quantitative estimate of drug-likeness (QED) is 0.475. The van der Waals surface area contributed by atoms with Gasteiger partial charge in [-0.15, -0.1) is 0 Å². The van der Waals surface area contributed by atoms with Gasteiger partial charge in [-0.3, -0.25) is 4.79 Å². The van der Waals surface area contributed by atoms with Crippen molar-refractivity contribution in [3.05, 3.63) is 77.9 Å². The van der Waals surface area contributed by atoms with Crippen LogP contribution in [-0.4, -0.2) is 38.4 Å². The van der Waals surface area contributed by atoms with E-state index in [1.54, 1.807) is 0 Å². The van der Waals surface area contributed by atoms with E-state index in [-0.39, 0.29) is 17.7 Å². The molecular formula is C24H24INO3. The van der Waals surface area contributed by atoms with Gasteiger partial charge in [0.1, 0.15) is 6.04 Å². The van der Waals surface area contributed by atoms with Crippen molar-refractivity contribution in [1.29, 1.82) is 0 Å². The van der Waals surface area contributed by atoms with Gasteiger partial charge in [0.15, 0.2) is 0 Å². The number of nitrogens with zero attached hydrogens (tertiary/aromatic N) is 1. The number of carboxylic acids is 1. The fraction of sp³-hybridized carbons (Fsp3) is 0.333. The lowest BCUT2D eigenvalue weighted by atomic mass is 9.85. The van der Waals surface area contributed by atoms with E-state index in [0.29, 0.717) is 22.8 Å². The molecule has 4 nitrogen and oxygen atoms in total. The van der Waals surface area contributed by atoms with Crippen LogP contribution < -0.4 is 0 Å². The summed E-state index contributed by atoms with van der Waals surface area (Å²) in [5.74, 6) is -0.830. The highest BCUT2D eigenvalue weighted by atomic mass is 127. The van der Waals surface area contributed by atoms with Crippen LogP contribution >= 0.6 is 22.6 Å². The molecule has 4 unspecified atom stereocenters. The summed E-state index contributed by atoms with van der Waals surface area (Å²) in [6.45, 7) is 2.28. The topological polar surface area (TPSA) is 57.6 Å². The number of aliphatic carboxylic acids is 1. The second kappa shape index (κ2) is 8.30. The van der Waals surface area contributed by atoms with Gasteiger partial charge in [0.25, 0.3) is 0 Å². The first-order valence-electron chi connectivity index (χ1n) is 10.0. The fourth-order valence-corrected chi connectivity index (χ4v) is 5.35. The summed E-state index contributed by atoms with van der Waals surface area (Å²) in [4.78, 5) is 25.7. The van der Waals surface area contributed by atoms with Crippen molar-refractivity contribution < 1.29 is 14.7 Å². The number of alkyl halides is 1. The normalized spacial score (nSPS) is 29.0. The predicted molar refractivity (Wildman–Crippen MR) is 123 cm³/mol. The summed E-state index contributed by atoms with van der Waals surface area (Å²) in [5, 5.41) is 9.43. The highest BCUT2D eigenvalue weighted by molar-refractivity contribution is 14.1. The Morgan fingerprint density at radius 2 is 1.90 bits per heavy atom. The van der Waals surface area contributed by atoms with E-state index < -0.39 is 12.0 Å². The average Bonchev–Trinajstić information content (AvgIpc) is 3.04. The smallest absolute Gasteiger partial charge is 0.326 e. The molecule has 5 atom stereocenters. The van der Waals surface area contributed by atoms with Crippen LogP contribution in [0.25, 0.3) is 5.57 Å². The maximum atomic E-state index is 12.7. The Labute approximate surface area is 184 Å². The highest BCUT2D eigenvalue weighted by Crippen LogP contribution is 2.37. The third-order valence-electron chi connectivity index (χ3n) is 6.06. The minimum atomic E-state index is -0.927. The monoisotopic (exact) mass is 501 g/mol. The zero-order chi connectivity index (χ0) is 20.5. The van der Waals surface area contributed by atoms with Crippen molar-refractivity contribution in [2.75, 3.05) is 6.54 Å². The number of carboxylic acid groups (broad SMARTS) is 1. The fourth-order valence-electron chi connectivity index (χ4n) is 4.45. The van der Waals surface area contributed by atoms with Gasteiger partial charge in [-0.1, -0.05) is 96.3 Å². The van der Waals surface area contributed by atoms with Crippen LogP contribution in [0.5, 0.6) is 0 Å². The summed E-state index contributed by atoms with van der Waals surface area (Å²) < 4.78 is 0.453. The van der Waals surface area contributed by atoms with Crippen LogP contribution in [-0.2, 0) is 9.59 Å². The van der Waals surface area contributed by atoms with Crippen LogP contribution in [0, 0.1) is 11.8 Å². The largest absolute Gasteiger partial charge is 0.480 e. The minimum absolute atomic E-state index is 0.0284. The van der Waals surface area contributed by atoms with E-state index in [1.165, 1.54) is 10.5 Å². The molecular weight excluding hydrogens is 477 g/mol. The van der Waals surface area contributed by atoms with Crippen molar-refractivity contribution in [3.63, 3.8) is 0 Å². The molecule has 1 fully saturated rings. The van der Waals surface area contributed by atoms with Gasteiger partial charge in [-0.2, -0.15) is 0 Å². The zero-order valence-corrected chi connectivity index (χ0v) is 18.4. The molecule has 1 aromatic carbocycles. The van der Waals surface area contributed by atoms with Gasteiger partial charge >= 0.3 is 5.97 Å². The van der Waals surface area contributed by atoms with Crippen LogP contribution in [0.15, 0.2) is 66.8 Å². The van der Waals surface area contributed by atoms with Crippen molar-refractivity contribution in [2.24, 2.45) is 11.8 Å². The zero-order valence-electron chi connectivity index (χ0n) is 16.2. The standard InChI is InChI=1S/C24H24INO3/c1-2-22(24(28)29)26-14-18-13-17(11-12-20(18)23(26)27)15-7-9-16(10-8-15)19-5-3-4-6-21(19)25/h3-13,18-22H,2,14H2,1H3,(H,28,29)/t18?,19?,20?,21?,22-/m0/s1. The number of benzene rings is 1. The van der Waals surface area contributed by atoms with Crippen LogP contribution in [0.3, 0.4) is 0 Å². The molecule has 1 heterocycles. The first-order chi connectivity index (χ1) is 14.0. The summed E-state index contributed by atoms with van der Waals surface area (Å²) in [7, 11) is 0. The number of rotatable bonds is 5. The predicted octanol–water partition coefficient (Wildman–Crippen LogP) is 4.59. The third kappa shape index (κ3) is 3.84. The number of carbonyl (C=O) groups excluding carboxylic acids is 1. The number of allylic oxidation sites excluding steroid dienone is 6. The number of halogens is 1. The highest BCUT2D eigenvalue weighted by Gasteiger charge is 2.43. The maximum absolute atomic E-state index is 12.7. The summed E-state index contributed by atoms with van der Waals surface area (Å²) in [5.41, 5.74) is 3.52. The number of fused-ring (bicyclic) bond motifs is 1. The lowest BCUT2D eigenvalue weighted by molar-refractivity contribution is -0.149. The SMILES string of the molecule is CC[C@@H](C(=O)O)N1CC2C=C(c3ccc(C4C=CC=CC4I)cc3)C=CC2C1=O. The number of likely N-dealkylation sites (tertiary alicyclic amines) is 1. The Morgan fingerprint density at radius 1 is 1.17 bits per heavy atom. The van der Waals surface area contributed by atoms with Crippen LogP contribution in [0.2, 0.25) is 0 Å². The van der Waals surface area contributed by atoms with Gasteiger partial charge in [-0.25, -0.2) is 4.79 Å². The average molecular weight is 501 g/mol. The Balaban J connectivity index is 1.53.